The predicted octanol–water partition coefficient (Wildman–Crippen LogP) is 1.42. The molecule has 17 heavy (non-hydrogen) atoms. The third-order valence-corrected chi connectivity index (χ3v) is 8.12. The van der Waals surface area contributed by atoms with Crippen LogP contribution in [-0.4, -0.2) is 38.1 Å². The van der Waals surface area contributed by atoms with E-state index < -0.39 is 14.4 Å². The number of hydrogen-bond acceptors (Lipinski definition) is 3. The van der Waals surface area contributed by atoms with Crippen LogP contribution >= 0.6 is 0 Å². The minimum absolute atomic E-state index is 0.131. The summed E-state index contributed by atoms with van der Waals surface area (Å²) in [6.07, 6.45) is 2.21. The van der Waals surface area contributed by atoms with Crippen LogP contribution < -0.4 is 5.32 Å². The van der Waals surface area contributed by atoms with E-state index in [9.17, 15) is 9.90 Å². The van der Waals surface area contributed by atoms with Gasteiger partial charge in [-0.25, -0.2) is 0 Å². The smallest absolute Gasteiger partial charge is 0.244 e. The average molecular weight is 257 g/mol. The van der Waals surface area contributed by atoms with Crippen LogP contribution in [0.4, 0.5) is 0 Å². The predicted molar refractivity (Wildman–Crippen MR) is 70.2 cm³/mol. The molecule has 1 heterocycles. The number of rotatable bonds is 3. The molecule has 0 aliphatic carbocycles. The lowest BCUT2D eigenvalue weighted by atomic mass is 10.1. The third-order valence-electron chi connectivity index (χ3n) is 3.61. The van der Waals surface area contributed by atoms with Crippen molar-refractivity contribution in [1.82, 2.24) is 5.32 Å². The Bertz CT molecular complexity index is 320. The van der Waals surface area contributed by atoms with Crippen molar-refractivity contribution < 1.29 is 14.3 Å². The Hall–Kier alpha value is -0.653. The van der Waals surface area contributed by atoms with E-state index >= 15 is 0 Å². The van der Waals surface area contributed by atoms with Crippen LogP contribution in [0.2, 0.25) is 18.1 Å². The summed E-state index contributed by atoms with van der Waals surface area (Å²) in [7, 11) is -1.83. The largest absolute Gasteiger partial charge is 0.415 e. The minimum Gasteiger partial charge on any atom is -0.415 e. The summed E-state index contributed by atoms with van der Waals surface area (Å²) in [6.45, 7) is 11.2. The fourth-order valence-electron chi connectivity index (χ4n) is 1.29. The molecule has 2 N–H and O–H groups in total. The fourth-order valence-corrected chi connectivity index (χ4v) is 2.32. The van der Waals surface area contributed by atoms with Crippen molar-refractivity contribution in [2.45, 2.75) is 51.0 Å². The molecule has 1 amide bonds. The number of nitrogens with one attached hydrogen (secondary N) is 1. The zero-order valence-corrected chi connectivity index (χ0v) is 12.3. The number of hydrogen-bond donors (Lipinski definition) is 2. The Labute approximate surface area is 104 Å². The molecule has 1 aliphatic rings. The molecule has 0 saturated heterocycles. The molecule has 0 spiro atoms. The molecule has 0 bridgehead atoms. The highest BCUT2D eigenvalue weighted by atomic mass is 28.4. The first-order chi connectivity index (χ1) is 7.63. The molecule has 0 aromatic heterocycles. The van der Waals surface area contributed by atoms with Gasteiger partial charge in [0, 0.05) is 6.08 Å². The van der Waals surface area contributed by atoms with Gasteiger partial charge in [-0.2, -0.15) is 0 Å². The van der Waals surface area contributed by atoms with Crippen molar-refractivity contribution in [3.8, 4) is 0 Å². The zero-order valence-electron chi connectivity index (χ0n) is 11.3. The number of carbonyl (C=O) groups excluding carboxylic acids is 1. The van der Waals surface area contributed by atoms with E-state index in [1.165, 1.54) is 12.2 Å². The molecule has 0 saturated carbocycles. The van der Waals surface area contributed by atoms with Gasteiger partial charge in [-0.1, -0.05) is 20.8 Å². The van der Waals surface area contributed by atoms with E-state index in [2.05, 4.69) is 39.2 Å². The summed E-state index contributed by atoms with van der Waals surface area (Å²) >= 11 is 0. The summed E-state index contributed by atoms with van der Waals surface area (Å²) in [5, 5.41) is 12.6. The lowest BCUT2D eigenvalue weighted by Gasteiger charge is -2.38. The van der Waals surface area contributed by atoms with E-state index in [-0.39, 0.29) is 17.0 Å². The number of amides is 1. The summed E-state index contributed by atoms with van der Waals surface area (Å²) in [5.74, 6) is -0.167. The first kappa shape index (κ1) is 14.4. The molecular formula is C12H23NO3Si. The van der Waals surface area contributed by atoms with Crippen LogP contribution in [0.1, 0.15) is 20.8 Å². The molecule has 98 valence electrons. The van der Waals surface area contributed by atoms with Crippen LogP contribution in [0.15, 0.2) is 12.2 Å². The van der Waals surface area contributed by atoms with Gasteiger partial charge in [-0.15, -0.1) is 0 Å². The van der Waals surface area contributed by atoms with Crippen molar-refractivity contribution in [1.29, 1.82) is 0 Å². The second kappa shape index (κ2) is 4.92. The highest BCUT2D eigenvalue weighted by molar-refractivity contribution is 6.74. The normalized spacial score (nSPS) is 25.9. The van der Waals surface area contributed by atoms with Gasteiger partial charge < -0.3 is 14.8 Å². The summed E-state index contributed by atoms with van der Waals surface area (Å²) in [6, 6.07) is -0.332. The van der Waals surface area contributed by atoms with Crippen molar-refractivity contribution in [2.24, 2.45) is 0 Å². The summed E-state index contributed by atoms with van der Waals surface area (Å²) < 4.78 is 5.98. The van der Waals surface area contributed by atoms with E-state index in [1.54, 1.807) is 0 Å². The molecule has 0 aromatic carbocycles. The van der Waals surface area contributed by atoms with Crippen molar-refractivity contribution in [3.63, 3.8) is 0 Å². The van der Waals surface area contributed by atoms with Gasteiger partial charge >= 0.3 is 0 Å². The number of aliphatic hydroxyl groups excluding tert-OH is 1. The summed E-state index contributed by atoms with van der Waals surface area (Å²) in [4.78, 5) is 11.2. The quantitative estimate of drug-likeness (QED) is 0.752. The van der Waals surface area contributed by atoms with E-state index in [1.807, 2.05) is 0 Å². The molecule has 1 rings (SSSR count). The Morgan fingerprint density at radius 1 is 1.47 bits per heavy atom. The van der Waals surface area contributed by atoms with Crippen LogP contribution in [0.3, 0.4) is 0 Å². The van der Waals surface area contributed by atoms with Gasteiger partial charge in [0.25, 0.3) is 0 Å². The lowest BCUT2D eigenvalue weighted by molar-refractivity contribution is -0.118. The van der Waals surface area contributed by atoms with E-state index in [4.69, 9.17) is 4.43 Å². The highest BCUT2D eigenvalue weighted by Gasteiger charge is 2.38. The second-order valence-corrected chi connectivity index (χ2v) is 10.8. The van der Waals surface area contributed by atoms with Crippen LogP contribution in [0.25, 0.3) is 0 Å². The Kier molecular flexibility index (Phi) is 4.17. The summed E-state index contributed by atoms with van der Waals surface area (Å²) in [5.41, 5.74) is 0. The standard InChI is InChI=1S/C12H23NO3Si/c1-12(2,3)17(4,5)16-8-9-10(14)6-7-11(15)13-9/h6-7,9-10,14H,8H2,1-5H3,(H,13,15)/t9-,10-/m1/s1. The van der Waals surface area contributed by atoms with E-state index in [0.29, 0.717) is 6.61 Å². The van der Waals surface area contributed by atoms with Gasteiger partial charge in [0.1, 0.15) is 0 Å². The third kappa shape index (κ3) is 3.66. The van der Waals surface area contributed by atoms with Crippen LogP contribution in [-0.2, 0) is 9.22 Å². The Morgan fingerprint density at radius 2 is 2.06 bits per heavy atom. The monoisotopic (exact) mass is 257 g/mol. The SMILES string of the molecule is CC(C)(C)[Si](C)(C)OC[C@H]1NC(=O)C=C[C@H]1O. The van der Waals surface area contributed by atoms with Gasteiger partial charge in [-0.05, 0) is 24.2 Å². The molecule has 0 radical (unpaired) electrons. The maximum atomic E-state index is 11.2. The number of carbonyl (C=O) groups is 1. The Balaban J connectivity index is 2.57. The lowest BCUT2D eigenvalue weighted by Crippen LogP contribution is -2.51. The second-order valence-electron chi connectivity index (χ2n) is 6.04. The average Bonchev–Trinajstić information content (AvgIpc) is 2.18. The van der Waals surface area contributed by atoms with Gasteiger partial charge in [0.2, 0.25) is 5.91 Å². The zero-order chi connectivity index (χ0) is 13.3. The molecule has 5 heteroatoms. The van der Waals surface area contributed by atoms with Crippen molar-refractivity contribution >= 4 is 14.2 Å². The molecule has 0 fully saturated rings. The maximum Gasteiger partial charge on any atom is 0.244 e. The molecule has 2 atom stereocenters. The van der Waals surface area contributed by atoms with Gasteiger partial charge in [0.05, 0.1) is 18.8 Å². The first-order valence-corrected chi connectivity index (χ1v) is 8.85. The van der Waals surface area contributed by atoms with Crippen molar-refractivity contribution in [2.75, 3.05) is 6.61 Å². The van der Waals surface area contributed by atoms with Crippen molar-refractivity contribution in [3.05, 3.63) is 12.2 Å². The topological polar surface area (TPSA) is 58.6 Å². The molecule has 0 unspecified atom stereocenters. The Morgan fingerprint density at radius 3 is 2.59 bits per heavy atom. The first-order valence-electron chi connectivity index (χ1n) is 5.94. The molecule has 0 aromatic rings. The van der Waals surface area contributed by atoms with Crippen LogP contribution in [0.5, 0.6) is 0 Å². The highest BCUT2D eigenvalue weighted by Crippen LogP contribution is 2.36. The maximum absolute atomic E-state index is 11.2. The minimum atomic E-state index is -1.83. The van der Waals surface area contributed by atoms with Gasteiger partial charge in [-0.3, -0.25) is 4.79 Å². The number of aliphatic hydroxyl groups is 1. The van der Waals surface area contributed by atoms with Gasteiger partial charge in [0.15, 0.2) is 8.32 Å². The fraction of sp³-hybridized carbons (Fsp3) is 0.750. The molecular weight excluding hydrogens is 234 g/mol. The van der Waals surface area contributed by atoms with Crippen LogP contribution in [0, 0.1) is 0 Å². The molecule has 1 aliphatic heterocycles. The molecule has 4 nitrogen and oxygen atoms in total. The van der Waals surface area contributed by atoms with E-state index in [0.717, 1.165) is 0 Å².